The summed E-state index contributed by atoms with van der Waals surface area (Å²) in [6.07, 6.45) is 10.9. The Labute approximate surface area is 287 Å². The van der Waals surface area contributed by atoms with Crippen LogP contribution in [0.1, 0.15) is 51.0 Å². The molecule has 0 radical (unpaired) electrons. The Hall–Kier alpha value is -5.05. The largest absolute Gasteiger partial charge is 0.497 e. The van der Waals surface area contributed by atoms with E-state index < -0.39 is 47.5 Å². The molecule has 4 amide bonds. The third-order valence-electron chi connectivity index (χ3n) is 9.30. The normalized spacial score (nSPS) is 25.6. The highest BCUT2D eigenvalue weighted by atomic mass is 32.1. The molecule has 258 valence electrons. The summed E-state index contributed by atoms with van der Waals surface area (Å²) in [5, 5.41) is 30.6. The first-order valence-corrected chi connectivity index (χ1v) is 17.3. The van der Waals surface area contributed by atoms with Crippen molar-refractivity contribution in [1.82, 2.24) is 40.8 Å². The first-order chi connectivity index (χ1) is 23.7. The van der Waals surface area contributed by atoms with Gasteiger partial charge < -0.3 is 30.7 Å². The Morgan fingerprint density at radius 2 is 1.98 bits per heavy atom. The fourth-order valence-electron chi connectivity index (χ4n) is 6.53. The van der Waals surface area contributed by atoms with Crippen molar-refractivity contribution in [2.75, 3.05) is 20.2 Å². The van der Waals surface area contributed by atoms with Gasteiger partial charge >= 0.3 is 12.0 Å². The quantitative estimate of drug-likeness (QED) is 0.258. The van der Waals surface area contributed by atoms with Crippen LogP contribution in [0.5, 0.6) is 5.75 Å². The van der Waals surface area contributed by atoms with Gasteiger partial charge in [-0.1, -0.05) is 31.1 Å². The number of fused-ring (bicyclic) bond motifs is 2. The van der Waals surface area contributed by atoms with Crippen LogP contribution in [0, 0.1) is 5.92 Å². The van der Waals surface area contributed by atoms with Crippen LogP contribution < -0.4 is 20.7 Å². The smallest absolute Gasteiger partial charge is 0.330 e. The molecule has 0 unspecified atom stereocenters. The lowest BCUT2D eigenvalue weighted by molar-refractivity contribution is -0.145. The van der Waals surface area contributed by atoms with Crippen molar-refractivity contribution in [2.24, 2.45) is 5.92 Å². The maximum Gasteiger partial charge on any atom is 0.330 e. The van der Waals surface area contributed by atoms with Gasteiger partial charge in [-0.05, 0) is 49.9 Å². The van der Waals surface area contributed by atoms with Gasteiger partial charge in [0, 0.05) is 42.6 Å². The number of aromatic nitrogens is 4. The van der Waals surface area contributed by atoms with Gasteiger partial charge in [-0.25, -0.2) is 14.6 Å². The van der Waals surface area contributed by atoms with E-state index in [1.54, 1.807) is 13.3 Å². The van der Waals surface area contributed by atoms with Crippen LogP contribution in [0.15, 0.2) is 60.6 Å². The standard InChI is InChI=1S/C34H40N8O6S/c1-3-15-36-33(47)37-25-10-8-6-4-5-7-9-22-19-34(22,32(45)46)38-29(43)26-18-23(20-41(26)31(25)44)42-39-27(21-11-13-24(48-2)14-12-21)28(40-42)30-35-16-17-49-30/h3,7,9,11-14,16-17,22-23,25-26H,1,4-6,8,10,15,18-20H2,2H3,(H,38,43)(H,45,46)(H2,36,37,47)/t22-,23-,25+,26+,34-/m1/s1. The van der Waals surface area contributed by atoms with Crippen molar-refractivity contribution >= 4 is 35.2 Å². The minimum absolute atomic E-state index is 0.0703. The van der Waals surface area contributed by atoms with Crippen LogP contribution >= 0.6 is 11.3 Å². The second kappa shape index (κ2) is 14.6. The SMILES string of the molecule is C=CCNC(=O)N[C@H]1CCCCCC=C[C@@H]2C[C@@]2(C(=O)O)NC(=O)[C@@H]2C[C@@H](n3nc(-c4ccc(OC)cc4)c(-c4nccs4)n3)CN2C1=O. The molecule has 3 aliphatic rings. The van der Waals surface area contributed by atoms with Gasteiger partial charge in [-0.2, -0.15) is 9.90 Å². The molecule has 4 N–H and O–H groups in total. The van der Waals surface area contributed by atoms with Crippen LogP contribution in [-0.4, -0.2) is 91.6 Å². The predicted octanol–water partition coefficient (Wildman–Crippen LogP) is 3.55. The van der Waals surface area contributed by atoms with Crippen molar-refractivity contribution < 1.29 is 29.0 Å². The lowest BCUT2D eigenvalue weighted by atomic mass is 10.0. The van der Waals surface area contributed by atoms with E-state index in [4.69, 9.17) is 14.9 Å². The monoisotopic (exact) mass is 688 g/mol. The molecule has 1 aromatic carbocycles. The van der Waals surface area contributed by atoms with Crippen molar-refractivity contribution in [3.05, 3.63) is 60.6 Å². The number of methoxy groups -OCH3 is 1. The van der Waals surface area contributed by atoms with Gasteiger partial charge in [0.2, 0.25) is 11.8 Å². The summed E-state index contributed by atoms with van der Waals surface area (Å²) in [6, 6.07) is 4.41. The summed E-state index contributed by atoms with van der Waals surface area (Å²) in [7, 11) is 1.59. The Bertz CT molecular complexity index is 1720. The zero-order valence-corrected chi connectivity index (χ0v) is 28.0. The molecule has 15 heteroatoms. The first kappa shape index (κ1) is 33.8. The highest BCUT2D eigenvalue weighted by Crippen LogP contribution is 2.45. The van der Waals surface area contributed by atoms with Crippen LogP contribution in [-0.2, 0) is 14.4 Å². The second-order valence-corrected chi connectivity index (χ2v) is 13.4. The molecule has 3 aromatic rings. The van der Waals surface area contributed by atoms with Crippen molar-refractivity contribution in [3.63, 3.8) is 0 Å². The van der Waals surface area contributed by atoms with E-state index in [-0.39, 0.29) is 31.8 Å². The number of carbonyl (C=O) groups excluding carboxylic acids is 3. The van der Waals surface area contributed by atoms with E-state index in [1.165, 1.54) is 27.1 Å². The van der Waals surface area contributed by atoms with E-state index in [0.29, 0.717) is 35.0 Å². The number of nitrogens with zero attached hydrogens (tertiary/aromatic N) is 5. The molecule has 14 nitrogen and oxygen atoms in total. The van der Waals surface area contributed by atoms with Gasteiger partial charge in [0.25, 0.3) is 0 Å². The minimum Gasteiger partial charge on any atom is -0.497 e. The molecule has 4 heterocycles. The molecule has 6 rings (SSSR count). The average molecular weight is 689 g/mol. The lowest BCUT2D eigenvalue weighted by Crippen LogP contribution is -2.57. The highest BCUT2D eigenvalue weighted by Gasteiger charge is 2.61. The third kappa shape index (κ3) is 7.21. The maximum atomic E-state index is 14.3. The topological polar surface area (TPSA) is 181 Å². The van der Waals surface area contributed by atoms with E-state index in [2.05, 4.69) is 27.5 Å². The number of carboxylic acid groups (broad SMARTS) is 1. The Morgan fingerprint density at radius 1 is 1.18 bits per heavy atom. The number of benzene rings is 1. The van der Waals surface area contributed by atoms with Crippen LogP contribution in [0.2, 0.25) is 0 Å². The fourth-order valence-corrected chi connectivity index (χ4v) is 7.15. The number of rotatable bonds is 8. The number of amides is 4. The zero-order chi connectivity index (χ0) is 34.5. The van der Waals surface area contributed by atoms with Gasteiger partial charge in [0.1, 0.15) is 39.8 Å². The minimum atomic E-state index is -1.44. The lowest BCUT2D eigenvalue weighted by Gasteiger charge is -2.29. The molecular formula is C34H40N8O6S. The number of carboxylic acids is 1. The van der Waals surface area contributed by atoms with Crippen molar-refractivity contribution in [1.29, 1.82) is 0 Å². The summed E-state index contributed by atoms with van der Waals surface area (Å²) in [4.78, 5) is 61.0. The Kier molecular flexibility index (Phi) is 10.1. The number of carbonyl (C=O) groups is 4. The van der Waals surface area contributed by atoms with Gasteiger partial charge in [-0.15, -0.1) is 23.0 Å². The number of aliphatic carboxylic acids is 1. The molecule has 2 fully saturated rings. The molecule has 49 heavy (non-hydrogen) atoms. The van der Waals surface area contributed by atoms with Crippen molar-refractivity contribution in [2.45, 2.75) is 68.6 Å². The van der Waals surface area contributed by atoms with E-state index in [9.17, 15) is 24.3 Å². The Morgan fingerprint density at radius 3 is 2.69 bits per heavy atom. The van der Waals surface area contributed by atoms with Crippen LogP contribution in [0.4, 0.5) is 4.79 Å². The summed E-state index contributed by atoms with van der Waals surface area (Å²) in [5.41, 5.74) is 0.474. The predicted molar refractivity (Wildman–Crippen MR) is 182 cm³/mol. The van der Waals surface area contributed by atoms with E-state index in [1.807, 2.05) is 41.8 Å². The van der Waals surface area contributed by atoms with E-state index in [0.717, 1.165) is 24.8 Å². The van der Waals surface area contributed by atoms with Crippen molar-refractivity contribution in [3.8, 4) is 27.7 Å². The van der Waals surface area contributed by atoms with E-state index >= 15 is 0 Å². The number of allylic oxidation sites excluding steroid dienone is 1. The molecule has 0 bridgehead atoms. The average Bonchev–Trinajstić information content (AvgIpc) is 3.55. The molecule has 2 aliphatic heterocycles. The molecule has 1 aliphatic carbocycles. The molecule has 1 saturated carbocycles. The number of ether oxygens (including phenoxy) is 1. The summed E-state index contributed by atoms with van der Waals surface area (Å²) >= 11 is 1.41. The molecule has 5 atom stereocenters. The molecule has 1 saturated heterocycles. The zero-order valence-electron chi connectivity index (χ0n) is 27.2. The third-order valence-corrected chi connectivity index (χ3v) is 10.1. The number of thiazole rings is 1. The number of nitrogens with one attached hydrogen (secondary N) is 3. The van der Waals surface area contributed by atoms with Crippen LogP contribution in [0.3, 0.4) is 0 Å². The fraction of sp³-hybridized carbons (Fsp3) is 0.441. The summed E-state index contributed by atoms with van der Waals surface area (Å²) in [5.74, 6) is -1.77. The molecule has 0 spiro atoms. The summed E-state index contributed by atoms with van der Waals surface area (Å²) < 4.78 is 5.32. The maximum absolute atomic E-state index is 14.3. The van der Waals surface area contributed by atoms with Crippen LogP contribution in [0.25, 0.3) is 22.0 Å². The number of urea groups is 1. The highest BCUT2D eigenvalue weighted by molar-refractivity contribution is 7.13. The Balaban J connectivity index is 1.35. The van der Waals surface area contributed by atoms with Gasteiger partial charge in [0.05, 0.1) is 13.2 Å². The number of hydrogen-bond acceptors (Lipinski definition) is 9. The van der Waals surface area contributed by atoms with Gasteiger partial charge in [-0.3, -0.25) is 9.59 Å². The second-order valence-electron chi connectivity index (χ2n) is 12.5. The van der Waals surface area contributed by atoms with Gasteiger partial charge in [0.15, 0.2) is 0 Å². The first-order valence-electron chi connectivity index (χ1n) is 16.4. The molecular weight excluding hydrogens is 648 g/mol. The molecule has 2 aromatic heterocycles. The number of hydrogen-bond donors (Lipinski definition) is 4. The summed E-state index contributed by atoms with van der Waals surface area (Å²) in [6.45, 7) is 3.91.